The maximum Gasteiger partial charge on any atom is 0.228 e. The van der Waals surface area contributed by atoms with Crippen molar-refractivity contribution < 1.29 is 9.18 Å². The molecule has 1 rings (SSSR count). The third-order valence-electron chi connectivity index (χ3n) is 3.30. The molecular weight excluding hydrogens is 362 g/mol. The third kappa shape index (κ3) is 8.63. The Balaban J connectivity index is 2.51. The molecule has 3 nitrogen and oxygen atoms in total. The van der Waals surface area contributed by atoms with Gasteiger partial charge in [-0.1, -0.05) is 67.4 Å². The molecule has 7 heteroatoms. The van der Waals surface area contributed by atoms with E-state index in [4.69, 9.17) is 34.8 Å². The van der Waals surface area contributed by atoms with E-state index >= 15 is 0 Å². The Morgan fingerprint density at radius 3 is 2.30 bits per heavy atom. The summed E-state index contributed by atoms with van der Waals surface area (Å²) >= 11 is 17.7. The first-order chi connectivity index (χ1) is 10.8. The minimum Gasteiger partial charge on any atom is -0.362 e. The molecule has 0 saturated heterocycles. The summed E-state index contributed by atoms with van der Waals surface area (Å²) in [5, 5.41) is 5.56. The Hall–Kier alpha value is -0.710. The number of hydrogen-bond acceptors (Lipinski definition) is 2. The van der Waals surface area contributed by atoms with E-state index in [1.165, 1.54) is 30.7 Å². The molecule has 0 aliphatic rings. The molecule has 130 valence electrons. The molecule has 0 fully saturated rings. The predicted octanol–water partition coefficient (Wildman–Crippen LogP) is 5.41. The Labute approximate surface area is 151 Å². The van der Waals surface area contributed by atoms with Gasteiger partial charge in [0.1, 0.15) is 12.0 Å². The van der Waals surface area contributed by atoms with Crippen LogP contribution in [0.5, 0.6) is 0 Å². The molecule has 1 atom stereocenters. The van der Waals surface area contributed by atoms with Gasteiger partial charge in [-0.3, -0.25) is 4.79 Å². The van der Waals surface area contributed by atoms with E-state index < -0.39 is 9.96 Å². The van der Waals surface area contributed by atoms with Crippen molar-refractivity contribution in [2.45, 2.75) is 55.4 Å². The van der Waals surface area contributed by atoms with Crippen LogP contribution in [0.15, 0.2) is 24.3 Å². The van der Waals surface area contributed by atoms with Gasteiger partial charge in [-0.15, -0.1) is 0 Å². The normalized spacial score (nSPS) is 12.7. The van der Waals surface area contributed by atoms with Gasteiger partial charge in [-0.25, -0.2) is 4.39 Å². The minimum atomic E-state index is -1.73. The predicted molar refractivity (Wildman–Crippen MR) is 95.6 cm³/mol. The van der Waals surface area contributed by atoms with Crippen LogP contribution in [0.2, 0.25) is 0 Å². The second-order valence-corrected chi connectivity index (χ2v) is 7.73. The number of rotatable bonds is 9. The van der Waals surface area contributed by atoms with Crippen LogP contribution in [0.3, 0.4) is 0 Å². The van der Waals surface area contributed by atoms with Gasteiger partial charge in [0.2, 0.25) is 9.70 Å². The molecule has 0 heterocycles. The number of alkyl halides is 3. The SMILES string of the molecule is CCCCCCCC(=O)NC(Nc1ccc(F)cc1)C(Cl)(Cl)Cl. The fourth-order valence-electron chi connectivity index (χ4n) is 2.03. The maximum absolute atomic E-state index is 12.9. The summed E-state index contributed by atoms with van der Waals surface area (Å²) in [6.45, 7) is 2.14. The van der Waals surface area contributed by atoms with Gasteiger partial charge in [0.25, 0.3) is 0 Å². The van der Waals surface area contributed by atoms with E-state index in [1.54, 1.807) is 0 Å². The van der Waals surface area contributed by atoms with Crippen molar-refractivity contribution in [1.82, 2.24) is 5.32 Å². The van der Waals surface area contributed by atoms with Crippen molar-refractivity contribution in [2.24, 2.45) is 0 Å². The second kappa shape index (κ2) is 10.2. The van der Waals surface area contributed by atoms with Crippen LogP contribution in [0.25, 0.3) is 0 Å². The molecule has 1 amide bonds. The van der Waals surface area contributed by atoms with E-state index in [2.05, 4.69) is 17.6 Å². The minimum absolute atomic E-state index is 0.188. The van der Waals surface area contributed by atoms with Crippen molar-refractivity contribution >= 4 is 46.4 Å². The molecule has 1 unspecified atom stereocenters. The first-order valence-corrected chi connectivity index (χ1v) is 8.84. The maximum atomic E-state index is 12.9. The fourth-order valence-corrected chi connectivity index (χ4v) is 2.36. The second-order valence-electron chi connectivity index (χ2n) is 5.36. The molecule has 1 aromatic carbocycles. The number of amides is 1. The lowest BCUT2D eigenvalue weighted by molar-refractivity contribution is -0.121. The number of benzene rings is 1. The number of unbranched alkanes of at least 4 members (excludes halogenated alkanes) is 4. The number of nitrogens with one attached hydrogen (secondary N) is 2. The van der Waals surface area contributed by atoms with Crippen LogP contribution in [0.4, 0.5) is 10.1 Å². The first-order valence-electron chi connectivity index (χ1n) is 7.71. The third-order valence-corrected chi connectivity index (χ3v) is 3.95. The zero-order chi connectivity index (χ0) is 17.3. The summed E-state index contributed by atoms with van der Waals surface area (Å²) in [6.07, 6.45) is 4.73. The Bertz CT molecular complexity index is 477. The number of carbonyl (C=O) groups excluding carboxylic acids is 1. The van der Waals surface area contributed by atoms with Crippen LogP contribution in [-0.2, 0) is 4.79 Å². The Morgan fingerprint density at radius 1 is 1.13 bits per heavy atom. The van der Waals surface area contributed by atoms with E-state index in [9.17, 15) is 9.18 Å². The lowest BCUT2D eigenvalue weighted by Gasteiger charge is -2.27. The lowest BCUT2D eigenvalue weighted by atomic mass is 10.1. The summed E-state index contributed by atoms with van der Waals surface area (Å²) < 4.78 is 11.2. The zero-order valence-electron chi connectivity index (χ0n) is 13.0. The summed E-state index contributed by atoms with van der Waals surface area (Å²) in [5.41, 5.74) is 0.547. The molecule has 0 spiro atoms. The molecule has 0 radical (unpaired) electrons. The monoisotopic (exact) mass is 382 g/mol. The van der Waals surface area contributed by atoms with Gasteiger partial charge in [0.15, 0.2) is 0 Å². The molecule has 0 aliphatic carbocycles. The molecule has 2 N–H and O–H groups in total. The van der Waals surface area contributed by atoms with Crippen molar-refractivity contribution in [3.05, 3.63) is 30.1 Å². The van der Waals surface area contributed by atoms with E-state index in [0.29, 0.717) is 12.1 Å². The number of anilines is 1. The number of halogens is 4. The molecule has 0 aromatic heterocycles. The highest BCUT2D eigenvalue weighted by Crippen LogP contribution is 2.31. The largest absolute Gasteiger partial charge is 0.362 e. The van der Waals surface area contributed by atoms with Gasteiger partial charge in [0.05, 0.1) is 0 Å². The van der Waals surface area contributed by atoms with Crippen molar-refractivity contribution in [3.8, 4) is 0 Å². The van der Waals surface area contributed by atoms with Gasteiger partial charge in [-0.05, 0) is 30.7 Å². The van der Waals surface area contributed by atoms with Crippen molar-refractivity contribution in [1.29, 1.82) is 0 Å². The van der Waals surface area contributed by atoms with Crippen molar-refractivity contribution in [2.75, 3.05) is 5.32 Å². The number of carbonyl (C=O) groups is 1. The van der Waals surface area contributed by atoms with Crippen LogP contribution in [0, 0.1) is 5.82 Å². The van der Waals surface area contributed by atoms with E-state index in [1.807, 2.05) is 0 Å². The molecule has 0 saturated carbocycles. The highest BCUT2D eigenvalue weighted by atomic mass is 35.6. The highest BCUT2D eigenvalue weighted by Gasteiger charge is 2.33. The van der Waals surface area contributed by atoms with E-state index in [0.717, 1.165) is 25.7 Å². The van der Waals surface area contributed by atoms with Gasteiger partial charge < -0.3 is 10.6 Å². The van der Waals surface area contributed by atoms with Crippen LogP contribution in [-0.4, -0.2) is 15.9 Å². The van der Waals surface area contributed by atoms with E-state index in [-0.39, 0.29) is 11.7 Å². The molecule has 0 aliphatic heterocycles. The zero-order valence-corrected chi connectivity index (χ0v) is 15.3. The lowest BCUT2D eigenvalue weighted by Crippen LogP contribution is -2.49. The molecule has 0 bridgehead atoms. The average Bonchev–Trinajstić information content (AvgIpc) is 2.47. The summed E-state index contributed by atoms with van der Waals surface area (Å²) in [7, 11) is 0. The number of hydrogen-bond donors (Lipinski definition) is 2. The Morgan fingerprint density at radius 2 is 1.74 bits per heavy atom. The summed E-state index contributed by atoms with van der Waals surface area (Å²) in [6, 6.07) is 5.59. The first kappa shape index (κ1) is 20.3. The smallest absolute Gasteiger partial charge is 0.228 e. The van der Waals surface area contributed by atoms with Gasteiger partial charge in [-0.2, -0.15) is 0 Å². The topological polar surface area (TPSA) is 41.1 Å². The quantitative estimate of drug-likeness (QED) is 0.340. The molecule has 23 heavy (non-hydrogen) atoms. The van der Waals surface area contributed by atoms with Gasteiger partial charge >= 0.3 is 0 Å². The van der Waals surface area contributed by atoms with Crippen LogP contribution >= 0.6 is 34.8 Å². The molecular formula is C16H22Cl3FN2O. The molecule has 1 aromatic rings. The summed E-state index contributed by atoms with van der Waals surface area (Å²) in [4.78, 5) is 12.0. The average molecular weight is 384 g/mol. The Kier molecular flexibility index (Phi) is 9.03. The van der Waals surface area contributed by atoms with Gasteiger partial charge in [0, 0.05) is 12.1 Å². The summed E-state index contributed by atoms with van der Waals surface area (Å²) in [5.74, 6) is -0.551. The van der Waals surface area contributed by atoms with Crippen LogP contribution in [0.1, 0.15) is 45.4 Å². The van der Waals surface area contributed by atoms with Crippen LogP contribution < -0.4 is 10.6 Å². The van der Waals surface area contributed by atoms with Crippen molar-refractivity contribution in [3.63, 3.8) is 0 Å². The fraction of sp³-hybridized carbons (Fsp3) is 0.562. The standard InChI is InChI=1S/C16H22Cl3FN2O/c1-2-3-4-5-6-7-14(23)22-15(16(17,18)19)21-13-10-8-12(20)9-11-13/h8-11,15,21H,2-7H2,1H3,(H,22,23). The highest BCUT2D eigenvalue weighted by molar-refractivity contribution is 6.68.